The molecular weight excluding hydrogens is 338 g/mol. The number of nitrogens with one attached hydrogen (secondary N) is 1. The number of hydrogen-bond acceptors (Lipinski definition) is 2. The first-order chi connectivity index (χ1) is 10.8. The summed E-state index contributed by atoms with van der Waals surface area (Å²) < 4.78 is 3.22. The highest BCUT2D eigenvalue weighted by atomic mass is 79.9. The summed E-state index contributed by atoms with van der Waals surface area (Å²) in [6.45, 7) is 0. The highest BCUT2D eigenvalue weighted by Gasteiger charge is 2.20. The second kappa shape index (κ2) is 5.76. The Morgan fingerprint density at radius 1 is 1.05 bits per heavy atom. The van der Waals surface area contributed by atoms with Crippen molar-refractivity contribution in [2.24, 2.45) is 0 Å². The van der Waals surface area contributed by atoms with Crippen molar-refractivity contribution < 1.29 is 0 Å². The Labute approximate surface area is 138 Å². The Bertz CT molecular complexity index is 789. The lowest BCUT2D eigenvalue weighted by molar-refractivity contribution is 0.749. The van der Waals surface area contributed by atoms with Gasteiger partial charge in [0, 0.05) is 22.3 Å². The molecule has 1 aliphatic rings. The molecule has 3 nitrogen and oxygen atoms in total. The SMILES string of the molecule is Brc1ccc2nc(-c3ccccc3)c(NC3CCCC3)n2c1. The van der Waals surface area contributed by atoms with Gasteiger partial charge in [-0.2, -0.15) is 0 Å². The highest BCUT2D eigenvalue weighted by Crippen LogP contribution is 2.32. The summed E-state index contributed by atoms with van der Waals surface area (Å²) in [5.41, 5.74) is 3.16. The molecule has 1 aliphatic carbocycles. The van der Waals surface area contributed by atoms with Crippen LogP contribution in [0.2, 0.25) is 0 Å². The summed E-state index contributed by atoms with van der Waals surface area (Å²) in [5, 5.41) is 3.74. The third-order valence-electron chi connectivity index (χ3n) is 4.33. The largest absolute Gasteiger partial charge is 0.367 e. The molecule has 1 saturated carbocycles. The van der Waals surface area contributed by atoms with Crippen LogP contribution in [0.25, 0.3) is 16.9 Å². The molecule has 1 fully saturated rings. The number of fused-ring (bicyclic) bond motifs is 1. The van der Waals surface area contributed by atoms with Gasteiger partial charge in [-0.25, -0.2) is 4.98 Å². The molecule has 0 atom stereocenters. The topological polar surface area (TPSA) is 29.3 Å². The Morgan fingerprint density at radius 3 is 2.59 bits per heavy atom. The normalized spacial score (nSPS) is 15.5. The maximum absolute atomic E-state index is 4.85. The molecule has 0 amide bonds. The zero-order valence-corrected chi connectivity index (χ0v) is 13.9. The van der Waals surface area contributed by atoms with Gasteiger partial charge in [-0.1, -0.05) is 43.2 Å². The van der Waals surface area contributed by atoms with Gasteiger partial charge in [0.2, 0.25) is 0 Å². The average Bonchev–Trinajstić information content (AvgIpc) is 3.17. The van der Waals surface area contributed by atoms with E-state index in [0.29, 0.717) is 6.04 Å². The van der Waals surface area contributed by atoms with Gasteiger partial charge in [0.05, 0.1) is 0 Å². The minimum absolute atomic E-state index is 0.557. The Kier molecular flexibility index (Phi) is 3.62. The smallest absolute Gasteiger partial charge is 0.139 e. The molecule has 1 aromatic carbocycles. The second-order valence-electron chi connectivity index (χ2n) is 5.88. The standard InChI is InChI=1S/C18H18BrN3/c19-14-10-11-16-21-17(13-6-2-1-3-7-13)18(22(16)12-14)20-15-8-4-5-9-15/h1-3,6-7,10-12,15,20H,4-5,8-9H2. The van der Waals surface area contributed by atoms with E-state index in [2.05, 4.69) is 62.2 Å². The summed E-state index contributed by atoms with van der Waals surface area (Å²) in [7, 11) is 0. The number of halogens is 1. The fourth-order valence-electron chi connectivity index (χ4n) is 3.22. The molecule has 4 rings (SSSR count). The molecule has 0 aliphatic heterocycles. The minimum Gasteiger partial charge on any atom is -0.367 e. The third kappa shape index (κ3) is 2.52. The van der Waals surface area contributed by atoms with Crippen molar-refractivity contribution in [3.05, 3.63) is 53.1 Å². The van der Waals surface area contributed by atoms with Crippen molar-refractivity contribution in [2.75, 3.05) is 5.32 Å². The quantitative estimate of drug-likeness (QED) is 0.706. The van der Waals surface area contributed by atoms with Crippen LogP contribution in [0.5, 0.6) is 0 Å². The first-order valence-electron chi connectivity index (χ1n) is 7.81. The van der Waals surface area contributed by atoms with Crippen LogP contribution in [0.4, 0.5) is 5.82 Å². The molecule has 2 heterocycles. The first kappa shape index (κ1) is 13.8. The number of pyridine rings is 1. The van der Waals surface area contributed by atoms with Crippen LogP contribution in [0.3, 0.4) is 0 Å². The van der Waals surface area contributed by atoms with Crippen LogP contribution in [-0.4, -0.2) is 15.4 Å². The number of rotatable bonds is 3. The molecule has 0 bridgehead atoms. The van der Waals surface area contributed by atoms with E-state index in [1.807, 2.05) is 12.1 Å². The van der Waals surface area contributed by atoms with Gasteiger partial charge >= 0.3 is 0 Å². The molecule has 0 saturated heterocycles. The van der Waals surface area contributed by atoms with Gasteiger partial charge in [-0.3, -0.25) is 4.40 Å². The van der Waals surface area contributed by atoms with E-state index in [0.717, 1.165) is 27.2 Å². The van der Waals surface area contributed by atoms with Crippen LogP contribution in [-0.2, 0) is 0 Å². The zero-order valence-electron chi connectivity index (χ0n) is 12.3. The number of hydrogen-bond donors (Lipinski definition) is 1. The van der Waals surface area contributed by atoms with Crippen LogP contribution >= 0.6 is 15.9 Å². The maximum atomic E-state index is 4.85. The Balaban J connectivity index is 1.86. The lowest BCUT2D eigenvalue weighted by Gasteiger charge is -2.15. The van der Waals surface area contributed by atoms with Crippen molar-refractivity contribution in [2.45, 2.75) is 31.7 Å². The van der Waals surface area contributed by atoms with Crippen molar-refractivity contribution in [3.8, 4) is 11.3 Å². The van der Waals surface area contributed by atoms with Gasteiger partial charge in [-0.15, -0.1) is 0 Å². The summed E-state index contributed by atoms with van der Waals surface area (Å²) in [6, 6.07) is 15.1. The Morgan fingerprint density at radius 2 is 1.82 bits per heavy atom. The number of benzene rings is 1. The van der Waals surface area contributed by atoms with Crippen molar-refractivity contribution >= 4 is 27.4 Å². The fourth-order valence-corrected chi connectivity index (χ4v) is 3.55. The van der Waals surface area contributed by atoms with E-state index >= 15 is 0 Å². The van der Waals surface area contributed by atoms with E-state index in [-0.39, 0.29) is 0 Å². The lowest BCUT2D eigenvalue weighted by Crippen LogP contribution is -2.16. The molecule has 0 spiro atoms. The molecule has 4 heteroatoms. The fraction of sp³-hybridized carbons (Fsp3) is 0.278. The summed E-state index contributed by atoms with van der Waals surface area (Å²) >= 11 is 3.57. The maximum Gasteiger partial charge on any atom is 0.139 e. The summed E-state index contributed by atoms with van der Waals surface area (Å²) in [5.74, 6) is 1.11. The van der Waals surface area contributed by atoms with Gasteiger partial charge in [-0.05, 0) is 40.9 Å². The summed E-state index contributed by atoms with van der Waals surface area (Å²) in [6.07, 6.45) is 7.22. The average molecular weight is 356 g/mol. The molecular formula is C18H18BrN3. The number of anilines is 1. The van der Waals surface area contributed by atoms with Crippen LogP contribution < -0.4 is 5.32 Å². The Hall–Kier alpha value is -1.81. The van der Waals surface area contributed by atoms with E-state index in [1.54, 1.807) is 0 Å². The second-order valence-corrected chi connectivity index (χ2v) is 6.79. The molecule has 112 valence electrons. The van der Waals surface area contributed by atoms with Gasteiger partial charge in [0.25, 0.3) is 0 Å². The van der Waals surface area contributed by atoms with Gasteiger partial charge < -0.3 is 5.32 Å². The van der Waals surface area contributed by atoms with E-state index in [1.165, 1.54) is 25.7 Å². The van der Waals surface area contributed by atoms with E-state index in [9.17, 15) is 0 Å². The van der Waals surface area contributed by atoms with Crippen LogP contribution in [0.1, 0.15) is 25.7 Å². The van der Waals surface area contributed by atoms with Crippen molar-refractivity contribution in [1.82, 2.24) is 9.38 Å². The van der Waals surface area contributed by atoms with Crippen LogP contribution in [0, 0.1) is 0 Å². The van der Waals surface area contributed by atoms with Crippen LogP contribution in [0.15, 0.2) is 53.1 Å². The van der Waals surface area contributed by atoms with E-state index in [4.69, 9.17) is 4.98 Å². The number of aromatic nitrogens is 2. The first-order valence-corrected chi connectivity index (χ1v) is 8.60. The molecule has 3 aromatic rings. The zero-order chi connectivity index (χ0) is 14.9. The molecule has 22 heavy (non-hydrogen) atoms. The number of imidazole rings is 1. The monoisotopic (exact) mass is 355 g/mol. The van der Waals surface area contributed by atoms with Crippen molar-refractivity contribution in [1.29, 1.82) is 0 Å². The van der Waals surface area contributed by atoms with Gasteiger partial charge in [0.15, 0.2) is 0 Å². The minimum atomic E-state index is 0.557. The highest BCUT2D eigenvalue weighted by molar-refractivity contribution is 9.10. The van der Waals surface area contributed by atoms with Crippen molar-refractivity contribution in [3.63, 3.8) is 0 Å². The molecule has 0 unspecified atom stereocenters. The third-order valence-corrected chi connectivity index (χ3v) is 4.79. The lowest BCUT2D eigenvalue weighted by atomic mass is 10.1. The predicted octanol–water partition coefficient (Wildman–Crippen LogP) is 5.12. The van der Waals surface area contributed by atoms with Gasteiger partial charge in [0.1, 0.15) is 17.2 Å². The molecule has 1 N–H and O–H groups in total. The molecule has 2 aromatic heterocycles. The summed E-state index contributed by atoms with van der Waals surface area (Å²) in [4.78, 5) is 4.85. The molecule has 0 radical (unpaired) electrons. The van der Waals surface area contributed by atoms with E-state index < -0.39 is 0 Å². The predicted molar refractivity (Wildman–Crippen MR) is 94.2 cm³/mol. The number of nitrogens with zero attached hydrogens (tertiary/aromatic N) is 2.